The highest BCUT2D eigenvalue weighted by Gasteiger charge is 2.29. The van der Waals surface area contributed by atoms with E-state index in [1.807, 2.05) is 0 Å². The van der Waals surface area contributed by atoms with Crippen molar-refractivity contribution in [3.63, 3.8) is 0 Å². The highest BCUT2D eigenvalue weighted by molar-refractivity contribution is 5.56. The molecule has 0 radical (unpaired) electrons. The van der Waals surface area contributed by atoms with Crippen LogP contribution in [0.1, 0.15) is 1.37 Å². The maximum absolute atomic E-state index is 9.98. The summed E-state index contributed by atoms with van der Waals surface area (Å²) in [4.78, 5) is 9.98. The molecule has 6 heteroatoms. The van der Waals surface area contributed by atoms with Gasteiger partial charge in [0, 0.05) is 0 Å². The van der Waals surface area contributed by atoms with Gasteiger partial charge in [0.05, 0.1) is 7.98 Å². The summed E-state index contributed by atoms with van der Waals surface area (Å²) in [5.41, 5.74) is 0. The van der Waals surface area contributed by atoms with Crippen molar-refractivity contribution in [2.45, 2.75) is 24.4 Å². The summed E-state index contributed by atoms with van der Waals surface area (Å²) in [6.45, 7) is -0.895. The minimum absolute atomic E-state index is 0.152. The molecular formula is C6H12O6. The fourth-order valence-corrected chi connectivity index (χ4v) is 0.542. The Kier molecular flexibility index (Phi) is 4.12. The molecule has 0 saturated heterocycles. The molecule has 0 bridgehead atoms. The molecule has 0 unspecified atom stereocenters. The van der Waals surface area contributed by atoms with Crippen molar-refractivity contribution in [3.05, 3.63) is 0 Å². The molecule has 0 rings (SSSR count). The Bertz CT molecular complexity index is 173. The van der Waals surface area contributed by atoms with Crippen LogP contribution in [0.2, 0.25) is 0 Å². The van der Waals surface area contributed by atoms with Crippen molar-refractivity contribution in [3.8, 4) is 0 Å². The lowest BCUT2D eigenvalue weighted by molar-refractivity contribution is -0.136. The van der Waals surface area contributed by atoms with Crippen molar-refractivity contribution >= 4 is 6.29 Å². The van der Waals surface area contributed by atoms with E-state index in [0.717, 1.165) is 0 Å². The molecule has 0 aliphatic heterocycles. The molecule has 6 nitrogen and oxygen atoms in total. The van der Waals surface area contributed by atoms with Crippen molar-refractivity contribution in [2.24, 2.45) is 0 Å². The van der Waals surface area contributed by atoms with Crippen molar-refractivity contribution < 1.29 is 31.7 Å². The predicted molar refractivity (Wildman–Crippen MR) is 37.2 cm³/mol. The quantitative estimate of drug-likeness (QED) is 0.223. The second-order valence-corrected chi connectivity index (χ2v) is 2.20. The average molecular weight is 182 g/mol. The zero-order valence-corrected chi connectivity index (χ0v) is 6.16. The molecule has 0 amide bonds. The van der Waals surface area contributed by atoms with Crippen molar-refractivity contribution in [1.29, 1.82) is 0 Å². The lowest BCUT2D eigenvalue weighted by Crippen LogP contribution is -2.46. The van der Waals surface area contributed by atoms with Gasteiger partial charge in [0.1, 0.15) is 24.4 Å². The number of hydrogen-bond acceptors (Lipinski definition) is 6. The molecule has 0 aromatic heterocycles. The highest BCUT2D eigenvalue weighted by Crippen LogP contribution is 2.02. The summed E-state index contributed by atoms with van der Waals surface area (Å²) in [6, 6.07) is 0. The Balaban J connectivity index is 4.51. The summed E-state index contributed by atoms with van der Waals surface area (Å²) in [5, 5.41) is 43.9. The van der Waals surface area contributed by atoms with Gasteiger partial charge in [-0.2, -0.15) is 0 Å². The molecule has 4 atom stereocenters. The van der Waals surface area contributed by atoms with E-state index >= 15 is 0 Å². The predicted octanol–water partition coefficient (Wildman–Crippen LogP) is -3.38. The van der Waals surface area contributed by atoms with E-state index in [-0.39, 0.29) is 6.29 Å². The van der Waals surface area contributed by atoms with E-state index in [0.29, 0.717) is 0 Å². The van der Waals surface area contributed by atoms with E-state index in [9.17, 15) is 4.79 Å². The van der Waals surface area contributed by atoms with Gasteiger partial charge in [0.15, 0.2) is 6.29 Å². The lowest BCUT2D eigenvalue weighted by Gasteiger charge is -2.22. The smallest absolute Gasteiger partial charge is 0.151 e. The van der Waals surface area contributed by atoms with Crippen LogP contribution in [0.25, 0.3) is 0 Å². The van der Waals surface area contributed by atoms with Crippen LogP contribution in [-0.4, -0.2) is 62.8 Å². The minimum atomic E-state index is -2.93. The fraction of sp³-hybridized carbons (Fsp3) is 0.833. The van der Waals surface area contributed by atoms with E-state index in [4.69, 9.17) is 26.9 Å². The topological polar surface area (TPSA) is 118 Å². The van der Waals surface area contributed by atoms with Gasteiger partial charge in [0.25, 0.3) is 0 Å². The second-order valence-electron chi connectivity index (χ2n) is 2.20. The van der Waals surface area contributed by atoms with Gasteiger partial charge >= 0.3 is 0 Å². The van der Waals surface area contributed by atoms with Gasteiger partial charge in [-0.3, -0.25) is 0 Å². The molecule has 0 aromatic rings. The first-order valence-corrected chi connectivity index (χ1v) is 3.20. The summed E-state index contributed by atoms with van der Waals surface area (Å²) in [6.07, 6.45) is -9.15. The Morgan fingerprint density at radius 3 is 2.17 bits per heavy atom. The molecule has 0 aliphatic rings. The highest BCUT2D eigenvalue weighted by atomic mass is 16.4. The van der Waals surface area contributed by atoms with Crippen LogP contribution in [0.3, 0.4) is 0 Å². The van der Waals surface area contributed by atoms with Crippen LogP contribution in [0, 0.1) is 0 Å². The van der Waals surface area contributed by atoms with Crippen LogP contribution in [0.4, 0.5) is 0 Å². The standard InChI is InChI=1S/C6H12O6/c7-1-3(9)5(11)6(12)4(10)2-8/h1,3-6,8-12H,2H2/t3-,4+,5+,6+/m0/s1/i3+1,5D. The lowest BCUT2D eigenvalue weighted by atomic mass is 10.1. The molecule has 0 heterocycles. The Hall–Kier alpha value is -0.530. The third-order valence-electron chi connectivity index (χ3n) is 1.29. The summed E-state index contributed by atoms with van der Waals surface area (Å²) >= 11 is 0. The SMILES string of the molecule is [2H][C@](O)([C@H](O)[C@H](O)CO)[13C@@H](O)C=O. The van der Waals surface area contributed by atoms with Gasteiger partial charge in [-0.15, -0.1) is 0 Å². The van der Waals surface area contributed by atoms with Crippen molar-refractivity contribution in [1.82, 2.24) is 0 Å². The van der Waals surface area contributed by atoms with Gasteiger partial charge in [0.2, 0.25) is 0 Å². The monoisotopic (exact) mass is 182 g/mol. The normalized spacial score (nSPS) is 24.9. The number of aldehydes is 1. The van der Waals surface area contributed by atoms with E-state index < -0.39 is 31.0 Å². The maximum Gasteiger partial charge on any atom is 0.151 e. The van der Waals surface area contributed by atoms with Gasteiger partial charge < -0.3 is 30.3 Å². The summed E-state index contributed by atoms with van der Waals surface area (Å²) in [5.74, 6) is 0. The molecule has 12 heavy (non-hydrogen) atoms. The van der Waals surface area contributed by atoms with E-state index in [1.165, 1.54) is 0 Å². The number of rotatable bonds is 5. The van der Waals surface area contributed by atoms with E-state index in [2.05, 4.69) is 0 Å². The van der Waals surface area contributed by atoms with E-state index in [1.54, 1.807) is 0 Å². The third kappa shape index (κ3) is 2.84. The first-order valence-electron chi connectivity index (χ1n) is 3.70. The second kappa shape index (κ2) is 5.18. The fourth-order valence-electron chi connectivity index (χ4n) is 0.542. The third-order valence-corrected chi connectivity index (χ3v) is 1.29. The zero-order chi connectivity index (χ0) is 10.6. The first-order chi connectivity index (χ1) is 5.87. The maximum atomic E-state index is 9.98. The van der Waals surface area contributed by atoms with Crippen molar-refractivity contribution in [2.75, 3.05) is 6.61 Å². The largest absolute Gasteiger partial charge is 0.394 e. The van der Waals surface area contributed by atoms with Gasteiger partial charge in [-0.25, -0.2) is 0 Å². The van der Waals surface area contributed by atoms with Crippen LogP contribution in [0.5, 0.6) is 0 Å². The number of aliphatic hydroxyl groups excluding tert-OH is 4. The number of carbonyl (C=O) groups excluding carboxylic acids is 1. The first kappa shape index (κ1) is 9.56. The van der Waals surface area contributed by atoms with Crippen LogP contribution in [-0.2, 0) is 4.79 Å². The summed E-state index contributed by atoms with van der Waals surface area (Å²) in [7, 11) is 0. The van der Waals surface area contributed by atoms with Crippen LogP contribution < -0.4 is 0 Å². The molecule has 0 spiro atoms. The molecule has 72 valence electrons. The zero-order valence-electron chi connectivity index (χ0n) is 7.16. The Morgan fingerprint density at radius 2 is 1.83 bits per heavy atom. The van der Waals surface area contributed by atoms with Crippen LogP contribution >= 0.6 is 0 Å². The molecule has 0 aromatic carbocycles. The number of carbonyl (C=O) groups is 1. The molecule has 0 fully saturated rings. The molecular weight excluding hydrogens is 169 g/mol. The molecule has 0 saturated carbocycles. The molecule has 5 N–H and O–H groups in total. The number of aliphatic hydroxyl groups is 5. The van der Waals surface area contributed by atoms with Crippen LogP contribution in [0.15, 0.2) is 0 Å². The van der Waals surface area contributed by atoms with Gasteiger partial charge in [-0.1, -0.05) is 0 Å². The number of hydrogen-bond donors (Lipinski definition) is 5. The average Bonchev–Trinajstić information content (AvgIpc) is 2.13. The Labute approximate surface area is 70.1 Å². The van der Waals surface area contributed by atoms with Gasteiger partial charge in [-0.05, 0) is 0 Å². The minimum Gasteiger partial charge on any atom is -0.394 e. The molecule has 0 aliphatic carbocycles. The summed E-state index contributed by atoms with van der Waals surface area (Å²) < 4.78 is 6.93. The Morgan fingerprint density at radius 1 is 1.33 bits per heavy atom.